The van der Waals surface area contributed by atoms with E-state index in [0.29, 0.717) is 0 Å². The quantitative estimate of drug-likeness (QED) is 0.652. The molecule has 0 amide bonds. The van der Waals surface area contributed by atoms with Gasteiger partial charge in [-0.15, -0.1) is 0 Å². The molecule has 0 unspecified atom stereocenters. The molecule has 0 aliphatic rings. The summed E-state index contributed by atoms with van der Waals surface area (Å²) in [7, 11) is 0. The molecule has 23 heavy (non-hydrogen) atoms. The minimum absolute atomic E-state index is 0.168. The first-order valence-corrected chi connectivity index (χ1v) is 6.63. The zero-order chi connectivity index (χ0) is 17.1. The van der Waals surface area contributed by atoms with E-state index in [4.69, 9.17) is 10.5 Å². The summed E-state index contributed by atoms with van der Waals surface area (Å²) in [4.78, 5) is 37.0. The average Bonchev–Trinajstić information content (AvgIpc) is 2.46. The maximum absolute atomic E-state index is 12.0. The van der Waals surface area contributed by atoms with Crippen molar-refractivity contribution in [1.29, 1.82) is 0 Å². The Labute approximate surface area is 130 Å². The first-order valence-electron chi connectivity index (χ1n) is 6.63. The van der Waals surface area contributed by atoms with Gasteiger partial charge in [0, 0.05) is 11.1 Å². The Kier molecular flexibility index (Phi) is 4.35. The van der Waals surface area contributed by atoms with Crippen LogP contribution in [0.4, 0.5) is 5.82 Å². The van der Waals surface area contributed by atoms with Crippen LogP contribution < -0.4 is 16.0 Å². The van der Waals surface area contributed by atoms with Gasteiger partial charge in [0.1, 0.15) is 22.7 Å². The minimum Gasteiger partial charge on any atom is -0.493 e. The van der Waals surface area contributed by atoms with E-state index in [1.165, 1.54) is 6.07 Å². The summed E-state index contributed by atoms with van der Waals surface area (Å²) in [5, 5.41) is 18.7. The molecule has 0 saturated carbocycles. The fourth-order valence-electron chi connectivity index (χ4n) is 2.27. The molecule has 0 saturated heterocycles. The van der Waals surface area contributed by atoms with Gasteiger partial charge < -0.3 is 25.7 Å². The Bertz CT molecular complexity index is 840. The van der Waals surface area contributed by atoms with Crippen LogP contribution in [0.5, 0.6) is 5.75 Å². The Morgan fingerprint density at radius 3 is 2.35 bits per heavy atom. The molecule has 0 radical (unpaired) electrons. The molecule has 5 N–H and O–H groups in total. The Balaban J connectivity index is 2.98. The molecule has 1 heterocycles. The number of hydrogen-bond donors (Lipinski definition) is 4. The summed E-state index contributed by atoms with van der Waals surface area (Å²) in [5.74, 6) is -3.18. The van der Waals surface area contributed by atoms with Crippen LogP contribution in [-0.4, -0.2) is 33.7 Å². The number of benzene rings is 1. The highest BCUT2D eigenvalue weighted by Crippen LogP contribution is 2.35. The molecule has 0 spiro atoms. The topological polar surface area (TPSA) is 143 Å². The number of nitrogen functional groups attached to an aromatic ring is 1. The van der Waals surface area contributed by atoms with Gasteiger partial charge in [0.2, 0.25) is 0 Å². The molecule has 0 bridgehead atoms. The van der Waals surface area contributed by atoms with Crippen molar-refractivity contribution in [2.24, 2.45) is 0 Å². The van der Waals surface area contributed by atoms with Crippen molar-refractivity contribution >= 4 is 17.8 Å². The van der Waals surface area contributed by atoms with Gasteiger partial charge in [0.05, 0.1) is 6.61 Å². The van der Waals surface area contributed by atoms with Crippen LogP contribution in [0.1, 0.15) is 27.6 Å². The number of rotatable bonds is 5. The van der Waals surface area contributed by atoms with E-state index in [1.54, 1.807) is 25.1 Å². The zero-order valence-corrected chi connectivity index (χ0v) is 12.1. The number of carbonyl (C=O) groups is 2. The third kappa shape index (κ3) is 2.86. The monoisotopic (exact) mass is 318 g/mol. The van der Waals surface area contributed by atoms with Crippen LogP contribution in [0.3, 0.4) is 0 Å². The van der Waals surface area contributed by atoms with E-state index < -0.39 is 34.4 Å². The summed E-state index contributed by atoms with van der Waals surface area (Å²) >= 11 is 0. The van der Waals surface area contributed by atoms with Crippen LogP contribution in [0.25, 0.3) is 11.1 Å². The van der Waals surface area contributed by atoms with Gasteiger partial charge in [-0.1, -0.05) is 18.2 Å². The zero-order valence-electron chi connectivity index (χ0n) is 12.1. The number of H-pyrrole nitrogens is 1. The summed E-state index contributed by atoms with van der Waals surface area (Å²) in [6, 6.07) is 6.24. The third-order valence-corrected chi connectivity index (χ3v) is 3.13. The number of hydrogen-bond acceptors (Lipinski definition) is 5. The first-order chi connectivity index (χ1) is 10.9. The number of aromatic amines is 1. The molecule has 2 aromatic rings. The summed E-state index contributed by atoms with van der Waals surface area (Å²) in [5.41, 5.74) is 3.29. The fourth-order valence-corrected chi connectivity index (χ4v) is 2.27. The number of nitrogens with two attached hydrogens (primary N) is 1. The molecule has 8 nitrogen and oxygen atoms in total. The number of anilines is 1. The molecule has 1 aromatic carbocycles. The number of pyridine rings is 1. The first kappa shape index (κ1) is 16.1. The van der Waals surface area contributed by atoms with E-state index in [9.17, 15) is 24.6 Å². The van der Waals surface area contributed by atoms with Gasteiger partial charge in [-0.2, -0.15) is 0 Å². The van der Waals surface area contributed by atoms with E-state index in [-0.39, 0.29) is 23.5 Å². The highest BCUT2D eigenvalue weighted by molar-refractivity contribution is 6.08. The SMILES string of the molecule is CCOc1ccccc1-c1c(C(=O)O)c(N)[nH]c(=O)c1C(=O)O. The molecule has 120 valence electrons. The smallest absolute Gasteiger partial charge is 0.342 e. The van der Waals surface area contributed by atoms with Crippen LogP contribution >= 0.6 is 0 Å². The fraction of sp³-hybridized carbons (Fsp3) is 0.133. The lowest BCUT2D eigenvalue weighted by molar-refractivity contribution is 0.0695. The normalized spacial score (nSPS) is 10.3. The van der Waals surface area contributed by atoms with Crippen LogP contribution in [0, 0.1) is 0 Å². The second-order valence-electron chi connectivity index (χ2n) is 4.53. The maximum atomic E-state index is 12.0. The van der Waals surface area contributed by atoms with Gasteiger partial charge in [0.25, 0.3) is 5.56 Å². The van der Waals surface area contributed by atoms with Crippen LogP contribution in [-0.2, 0) is 0 Å². The number of nitrogens with one attached hydrogen (secondary N) is 1. The predicted molar refractivity (Wildman–Crippen MR) is 82.0 cm³/mol. The molecule has 2 rings (SSSR count). The molecular formula is C15H14N2O6. The number of carboxylic acid groups (broad SMARTS) is 2. The summed E-state index contributed by atoms with van der Waals surface area (Å²) in [6.45, 7) is 2.00. The molecule has 0 atom stereocenters. The van der Waals surface area contributed by atoms with Crippen molar-refractivity contribution in [2.75, 3.05) is 12.3 Å². The molecule has 0 aliphatic carbocycles. The second-order valence-corrected chi connectivity index (χ2v) is 4.53. The molecule has 8 heteroatoms. The third-order valence-electron chi connectivity index (χ3n) is 3.13. The van der Waals surface area contributed by atoms with Crippen LogP contribution in [0.15, 0.2) is 29.1 Å². The maximum Gasteiger partial charge on any atom is 0.342 e. The van der Waals surface area contributed by atoms with E-state index in [2.05, 4.69) is 4.98 Å². The van der Waals surface area contributed by atoms with Crippen molar-refractivity contribution in [2.45, 2.75) is 6.92 Å². The lowest BCUT2D eigenvalue weighted by Crippen LogP contribution is -2.24. The van der Waals surface area contributed by atoms with Gasteiger partial charge in [-0.05, 0) is 13.0 Å². The highest BCUT2D eigenvalue weighted by Gasteiger charge is 2.28. The Morgan fingerprint density at radius 2 is 1.78 bits per heavy atom. The molecule has 1 aromatic heterocycles. The van der Waals surface area contributed by atoms with Crippen molar-refractivity contribution in [3.8, 4) is 16.9 Å². The van der Waals surface area contributed by atoms with Gasteiger partial charge in [0.15, 0.2) is 0 Å². The van der Waals surface area contributed by atoms with Crippen LogP contribution in [0.2, 0.25) is 0 Å². The summed E-state index contributed by atoms with van der Waals surface area (Å²) < 4.78 is 5.40. The lowest BCUT2D eigenvalue weighted by Gasteiger charge is -2.15. The number of aromatic nitrogens is 1. The van der Waals surface area contributed by atoms with Gasteiger partial charge in [-0.25, -0.2) is 9.59 Å². The van der Waals surface area contributed by atoms with Crippen molar-refractivity contribution in [1.82, 2.24) is 4.98 Å². The number of para-hydroxylation sites is 1. The highest BCUT2D eigenvalue weighted by atomic mass is 16.5. The number of carboxylic acids is 2. The van der Waals surface area contributed by atoms with Gasteiger partial charge >= 0.3 is 11.9 Å². The van der Waals surface area contributed by atoms with E-state index >= 15 is 0 Å². The van der Waals surface area contributed by atoms with E-state index in [0.717, 1.165) is 0 Å². The minimum atomic E-state index is -1.56. The standard InChI is InChI=1S/C15H14N2O6/c1-2-23-8-6-4-3-5-7(8)9-10(14(19)20)12(16)17-13(18)11(9)15(21)22/h3-6H,2H2,1H3,(H,19,20)(H,21,22)(H3,16,17,18). The molecule has 0 fully saturated rings. The van der Waals surface area contributed by atoms with Crippen molar-refractivity contribution < 1.29 is 24.5 Å². The largest absolute Gasteiger partial charge is 0.493 e. The molecular weight excluding hydrogens is 304 g/mol. The van der Waals surface area contributed by atoms with Crippen molar-refractivity contribution in [3.05, 3.63) is 45.7 Å². The van der Waals surface area contributed by atoms with Gasteiger partial charge in [-0.3, -0.25) is 4.79 Å². The Morgan fingerprint density at radius 1 is 1.17 bits per heavy atom. The lowest BCUT2D eigenvalue weighted by atomic mass is 9.95. The summed E-state index contributed by atoms with van der Waals surface area (Å²) in [6.07, 6.45) is 0. The predicted octanol–water partition coefficient (Wildman–Crippen LogP) is 1.42. The molecule has 0 aliphatic heterocycles. The second kappa shape index (κ2) is 6.22. The number of ether oxygens (including phenoxy) is 1. The average molecular weight is 318 g/mol. The van der Waals surface area contributed by atoms with E-state index in [1.807, 2.05) is 0 Å². The Hall–Kier alpha value is -3.29. The number of aromatic carboxylic acids is 2. The van der Waals surface area contributed by atoms with Crippen molar-refractivity contribution in [3.63, 3.8) is 0 Å².